The van der Waals surface area contributed by atoms with Crippen LogP contribution in [0.15, 0.2) is 84.0 Å². The van der Waals surface area contributed by atoms with Crippen LogP contribution in [0.5, 0.6) is 11.5 Å². The molecule has 0 unspecified atom stereocenters. The number of aromatic nitrogens is 2. The van der Waals surface area contributed by atoms with Crippen molar-refractivity contribution in [3.63, 3.8) is 0 Å². The minimum Gasteiger partial charge on any atom is -0.475 e. The summed E-state index contributed by atoms with van der Waals surface area (Å²) in [4.78, 5) is 10.3. The minimum atomic E-state index is -0.248. The first-order valence-corrected chi connectivity index (χ1v) is 21.6. The van der Waals surface area contributed by atoms with Gasteiger partial charge in [-0.05, 0) is 129 Å². The number of fused-ring (bicyclic) bond motifs is 5. The van der Waals surface area contributed by atoms with Crippen LogP contribution in [0, 0.1) is 24.7 Å². The van der Waals surface area contributed by atoms with Gasteiger partial charge in [0.05, 0.1) is 17.2 Å². The molecule has 0 saturated carbocycles. The van der Waals surface area contributed by atoms with Gasteiger partial charge in [0.2, 0.25) is 5.90 Å². The van der Waals surface area contributed by atoms with Crippen LogP contribution in [0.25, 0.3) is 38.8 Å². The summed E-state index contributed by atoms with van der Waals surface area (Å²) in [6.45, 7) is 32.8. The molecule has 0 saturated heterocycles. The molecule has 2 aliphatic rings. The Morgan fingerprint density at radius 2 is 1.45 bits per heavy atom. The molecule has 6 aromatic rings. The first-order chi connectivity index (χ1) is 27.4. The summed E-state index contributed by atoms with van der Waals surface area (Å²) in [6.07, 6.45) is 1.91. The van der Waals surface area contributed by atoms with E-state index in [0.29, 0.717) is 42.1 Å². The minimum absolute atomic E-state index is 0.00484. The Kier molecular flexibility index (Phi) is 9.93. The fourth-order valence-corrected chi connectivity index (χ4v) is 10.1. The average molecular weight is 774 g/mol. The van der Waals surface area contributed by atoms with Crippen molar-refractivity contribution in [3.05, 3.63) is 118 Å². The molecule has 0 aliphatic carbocycles. The number of rotatable bonds is 9. The highest BCUT2D eigenvalue weighted by molar-refractivity contribution is 6.10. The second kappa shape index (κ2) is 14.4. The largest absolute Gasteiger partial charge is 0.475 e. The summed E-state index contributed by atoms with van der Waals surface area (Å²) in [6, 6.07) is 27.2. The fraction of sp³-hybridized carbons (Fsp3) is 0.434. The van der Waals surface area contributed by atoms with E-state index in [0.717, 1.165) is 39.5 Å². The van der Waals surface area contributed by atoms with E-state index in [2.05, 4.69) is 174 Å². The maximum atomic E-state index is 7.15. The van der Waals surface area contributed by atoms with Gasteiger partial charge in [0.25, 0.3) is 0 Å². The van der Waals surface area contributed by atoms with Crippen molar-refractivity contribution in [2.24, 2.45) is 22.7 Å². The van der Waals surface area contributed by atoms with Crippen LogP contribution in [0.2, 0.25) is 0 Å². The Balaban J connectivity index is 1.32. The van der Waals surface area contributed by atoms with Gasteiger partial charge < -0.3 is 9.47 Å². The zero-order chi connectivity index (χ0) is 41.6. The van der Waals surface area contributed by atoms with Gasteiger partial charge >= 0.3 is 0 Å². The zero-order valence-electron chi connectivity index (χ0n) is 37.3. The Labute approximate surface area is 346 Å². The third-order valence-corrected chi connectivity index (χ3v) is 13.1. The molecule has 2 aliphatic heterocycles. The Bertz CT molecular complexity index is 2560. The van der Waals surface area contributed by atoms with E-state index in [1.54, 1.807) is 0 Å². The first kappa shape index (κ1) is 39.9. The predicted molar refractivity (Wildman–Crippen MR) is 244 cm³/mol. The number of ether oxygens (including phenoxy) is 2. The van der Waals surface area contributed by atoms with Gasteiger partial charge in [-0.1, -0.05) is 114 Å². The molecule has 0 spiro atoms. The smallest absolute Gasteiger partial charge is 0.216 e. The number of hydrogen-bond acceptors (Lipinski definition) is 4. The van der Waals surface area contributed by atoms with Gasteiger partial charge in [-0.3, -0.25) is 4.57 Å². The van der Waals surface area contributed by atoms with Crippen molar-refractivity contribution >= 4 is 27.8 Å². The van der Waals surface area contributed by atoms with Crippen molar-refractivity contribution < 1.29 is 9.47 Å². The first-order valence-electron chi connectivity index (χ1n) is 21.6. The molecule has 8 rings (SSSR count). The average Bonchev–Trinajstić information content (AvgIpc) is 3.77. The van der Waals surface area contributed by atoms with Gasteiger partial charge in [-0.25, -0.2) is 9.98 Å². The van der Waals surface area contributed by atoms with Crippen LogP contribution in [-0.2, 0) is 15.6 Å². The van der Waals surface area contributed by atoms with Crippen molar-refractivity contribution in [1.82, 2.24) is 9.55 Å². The van der Waals surface area contributed by atoms with Crippen LogP contribution in [0.4, 0.5) is 0 Å². The van der Waals surface area contributed by atoms with E-state index in [1.165, 1.54) is 49.7 Å². The molecular formula is C53H63N3O2. The SMILES string of the molecule is Cc1cc2c(cc1Oc1cc(C3=N[C@H](C(C(C)C)C(C)C)CO3)cc(-c3c(C(C)C)cccc3C(C)C)c1)-n1c3ncccc3c3cc(C(C)(C)C)cc(c31)C2(C)C. The van der Waals surface area contributed by atoms with E-state index in [4.69, 9.17) is 19.5 Å². The highest BCUT2D eigenvalue weighted by atomic mass is 16.5. The highest BCUT2D eigenvalue weighted by Gasteiger charge is 2.38. The maximum absolute atomic E-state index is 7.15. The lowest BCUT2D eigenvalue weighted by Crippen LogP contribution is -2.29. The quantitative estimate of drug-likeness (QED) is 0.147. The lowest BCUT2D eigenvalue weighted by atomic mass is 9.72. The molecule has 4 aromatic carbocycles. The molecular weight excluding hydrogens is 711 g/mol. The monoisotopic (exact) mass is 773 g/mol. The van der Waals surface area contributed by atoms with Crippen LogP contribution in [0.1, 0.15) is 141 Å². The number of nitrogens with zero attached hydrogens (tertiary/aromatic N) is 3. The molecule has 5 heteroatoms. The predicted octanol–water partition coefficient (Wildman–Crippen LogP) is 14.2. The van der Waals surface area contributed by atoms with Gasteiger partial charge in [0, 0.05) is 34.0 Å². The second-order valence-corrected chi connectivity index (χ2v) is 20.0. The molecule has 0 amide bonds. The standard InChI is InChI=1S/C53H63N3O2/c1-29(2)38-17-15-18-39(30(3)4)48(38)34-22-35(51-55-44(28-57-51)47(31(5)6)32(7)8)24-37(23-34)58-46-27-45-42(21-33(46)9)53(13,14)43-26-36(52(10,11)12)25-41-40-19-16-20-54-50(40)56(45)49(41)43/h15-27,29-32,44,47H,28H2,1-14H3/t44-/m0/s1. The number of aryl methyl sites for hydroxylation is 1. The van der Waals surface area contributed by atoms with Crippen molar-refractivity contribution in [2.45, 2.75) is 126 Å². The van der Waals surface area contributed by atoms with Gasteiger partial charge in [0.1, 0.15) is 23.8 Å². The van der Waals surface area contributed by atoms with Crippen LogP contribution in [0.3, 0.4) is 0 Å². The normalized spacial score (nSPS) is 16.3. The van der Waals surface area contributed by atoms with Gasteiger partial charge in [0.15, 0.2) is 0 Å². The number of benzene rings is 4. The van der Waals surface area contributed by atoms with Crippen molar-refractivity contribution in [2.75, 3.05) is 6.61 Å². The number of hydrogen-bond donors (Lipinski definition) is 0. The fourth-order valence-electron chi connectivity index (χ4n) is 10.1. The molecule has 0 bridgehead atoms. The maximum Gasteiger partial charge on any atom is 0.216 e. The summed E-state index contributed by atoms with van der Waals surface area (Å²) in [7, 11) is 0. The lowest BCUT2D eigenvalue weighted by molar-refractivity contribution is 0.198. The summed E-state index contributed by atoms with van der Waals surface area (Å²) >= 11 is 0. The number of pyridine rings is 1. The third-order valence-electron chi connectivity index (χ3n) is 13.1. The topological polar surface area (TPSA) is 48.6 Å². The van der Waals surface area contributed by atoms with Crippen LogP contribution >= 0.6 is 0 Å². The van der Waals surface area contributed by atoms with Crippen LogP contribution in [-0.4, -0.2) is 28.1 Å². The summed E-state index contributed by atoms with van der Waals surface area (Å²) < 4.78 is 16.1. The van der Waals surface area contributed by atoms with E-state index < -0.39 is 0 Å². The molecule has 2 aromatic heterocycles. The molecule has 0 fully saturated rings. The Morgan fingerprint density at radius 1 is 0.776 bits per heavy atom. The van der Waals surface area contributed by atoms with Gasteiger partial charge in [-0.15, -0.1) is 0 Å². The molecule has 5 nitrogen and oxygen atoms in total. The lowest BCUT2D eigenvalue weighted by Gasteiger charge is -2.36. The van der Waals surface area contributed by atoms with E-state index in [-0.39, 0.29) is 16.9 Å². The van der Waals surface area contributed by atoms with E-state index in [9.17, 15) is 0 Å². The third kappa shape index (κ3) is 6.63. The van der Waals surface area contributed by atoms with E-state index in [1.807, 2.05) is 6.20 Å². The zero-order valence-corrected chi connectivity index (χ0v) is 37.3. The summed E-state index contributed by atoms with van der Waals surface area (Å²) in [5, 5.41) is 2.42. The van der Waals surface area contributed by atoms with Crippen molar-refractivity contribution in [3.8, 4) is 28.3 Å². The number of aliphatic imine (C=N–C) groups is 1. The summed E-state index contributed by atoms with van der Waals surface area (Å²) in [5.74, 6) is 4.44. The van der Waals surface area contributed by atoms with Gasteiger partial charge in [-0.2, -0.15) is 0 Å². The Hall–Kier alpha value is -4.90. The molecule has 0 N–H and O–H groups in total. The Morgan fingerprint density at radius 3 is 2.09 bits per heavy atom. The molecule has 4 heterocycles. The molecule has 302 valence electrons. The van der Waals surface area contributed by atoms with E-state index >= 15 is 0 Å². The molecule has 58 heavy (non-hydrogen) atoms. The van der Waals surface area contributed by atoms with Crippen molar-refractivity contribution in [1.29, 1.82) is 0 Å². The summed E-state index contributed by atoms with van der Waals surface area (Å²) in [5.41, 5.74) is 14.1. The van der Waals surface area contributed by atoms with Crippen LogP contribution < -0.4 is 4.74 Å². The molecule has 1 atom stereocenters. The highest BCUT2D eigenvalue weighted by Crippen LogP contribution is 2.50. The second-order valence-electron chi connectivity index (χ2n) is 20.0. The molecule has 0 radical (unpaired) electrons.